The summed E-state index contributed by atoms with van der Waals surface area (Å²) >= 11 is 0. The molecule has 0 aliphatic rings. The van der Waals surface area contributed by atoms with Gasteiger partial charge in [-0.25, -0.2) is 0 Å². The average molecular weight is 282 g/mol. The molecule has 0 aliphatic heterocycles. The van der Waals surface area contributed by atoms with Crippen molar-refractivity contribution in [1.29, 1.82) is 0 Å². The summed E-state index contributed by atoms with van der Waals surface area (Å²) in [4.78, 5) is 0. The lowest BCUT2D eigenvalue weighted by Crippen LogP contribution is -2.15. The first-order valence-electron chi connectivity index (χ1n) is 7.12. The second-order valence-corrected chi connectivity index (χ2v) is 6.45. The van der Waals surface area contributed by atoms with E-state index >= 15 is 0 Å². The number of ether oxygens (including phenoxy) is 2. The Morgan fingerprint density at radius 2 is 1.74 bits per heavy atom. The van der Waals surface area contributed by atoms with Crippen molar-refractivity contribution in [3.05, 3.63) is 29.8 Å². The van der Waals surface area contributed by atoms with Crippen LogP contribution in [0.25, 0.3) is 0 Å². The Balaban J connectivity index is 2.64. The molecule has 0 amide bonds. The van der Waals surface area contributed by atoms with Crippen LogP contribution in [0.2, 0.25) is 0 Å². The van der Waals surface area contributed by atoms with Gasteiger partial charge in [0, 0.05) is 12.3 Å². The lowest BCUT2D eigenvalue weighted by atomic mass is 10.0. The third-order valence-electron chi connectivity index (χ3n) is 3.04. The lowest BCUT2D eigenvalue weighted by Gasteiger charge is -2.19. The van der Waals surface area contributed by atoms with Gasteiger partial charge in [0.2, 0.25) is 0 Å². The summed E-state index contributed by atoms with van der Waals surface area (Å²) in [6.07, 6.45) is 1.07. The predicted octanol–water partition coefficient (Wildman–Crippen LogP) is 4.84. The molecule has 0 spiro atoms. The van der Waals surface area contributed by atoms with Gasteiger partial charge in [0.1, 0.15) is 5.75 Å². The molecular formula is C16H27O2P. The Hall–Kier alpha value is -0.590. The molecule has 2 nitrogen and oxygen atoms in total. The van der Waals surface area contributed by atoms with Crippen LogP contribution < -0.4 is 4.74 Å². The molecule has 0 fully saturated rings. The molecule has 19 heavy (non-hydrogen) atoms. The molecule has 0 saturated carbocycles. The van der Waals surface area contributed by atoms with E-state index in [1.165, 1.54) is 12.0 Å². The predicted molar refractivity (Wildman–Crippen MR) is 84.6 cm³/mol. The first-order valence-corrected chi connectivity index (χ1v) is 8.70. The molecule has 108 valence electrons. The Labute approximate surface area is 119 Å². The van der Waals surface area contributed by atoms with Gasteiger partial charge in [-0.05, 0) is 50.5 Å². The van der Waals surface area contributed by atoms with Crippen LogP contribution in [0.5, 0.6) is 5.75 Å². The number of hydrogen-bond acceptors (Lipinski definition) is 2. The van der Waals surface area contributed by atoms with Gasteiger partial charge in [-0.2, -0.15) is 0 Å². The molecule has 3 heteroatoms. The molecule has 0 aromatic heterocycles. The zero-order valence-electron chi connectivity index (χ0n) is 12.8. The van der Waals surface area contributed by atoms with E-state index in [4.69, 9.17) is 9.47 Å². The van der Waals surface area contributed by atoms with E-state index in [9.17, 15) is 0 Å². The minimum Gasteiger partial charge on any atom is -0.465 e. The molecule has 1 aromatic rings. The zero-order chi connectivity index (χ0) is 14.3. The van der Waals surface area contributed by atoms with Crippen LogP contribution in [0.3, 0.4) is 0 Å². The molecule has 3 unspecified atom stereocenters. The van der Waals surface area contributed by atoms with Gasteiger partial charge < -0.3 is 9.47 Å². The summed E-state index contributed by atoms with van der Waals surface area (Å²) in [7, 11) is 0.946. The maximum absolute atomic E-state index is 5.68. The van der Waals surface area contributed by atoms with E-state index in [0.29, 0.717) is 12.3 Å². The molecule has 0 aliphatic carbocycles. The van der Waals surface area contributed by atoms with Crippen molar-refractivity contribution < 1.29 is 9.47 Å². The molecule has 0 bridgehead atoms. The maximum atomic E-state index is 5.68. The minimum absolute atomic E-state index is 0.185. The molecular weight excluding hydrogens is 255 g/mol. The van der Waals surface area contributed by atoms with Crippen LogP contribution in [0, 0.1) is 5.92 Å². The second-order valence-electron chi connectivity index (χ2n) is 5.18. The molecule has 0 saturated heterocycles. The van der Waals surface area contributed by atoms with Crippen molar-refractivity contribution in [2.75, 3.05) is 13.3 Å². The van der Waals surface area contributed by atoms with Crippen LogP contribution in [-0.4, -0.2) is 19.6 Å². The highest BCUT2D eigenvalue weighted by molar-refractivity contribution is 7.37. The van der Waals surface area contributed by atoms with Crippen molar-refractivity contribution in [2.45, 2.75) is 46.1 Å². The van der Waals surface area contributed by atoms with Crippen molar-refractivity contribution in [3.63, 3.8) is 0 Å². The summed E-state index contributed by atoms with van der Waals surface area (Å²) in [5.74, 6) is 1.62. The smallest absolute Gasteiger partial charge is 0.196 e. The second kappa shape index (κ2) is 8.55. The summed E-state index contributed by atoms with van der Waals surface area (Å²) in [6, 6.07) is 8.49. The van der Waals surface area contributed by atoms with E-state index in [2.05, 4.69) is 44.8 Å². The van der Waals surface area contributed by atoms with Gasteiger partial charge >= 0.3 is 0 Å². The van der Waals surface area contributed by atoms with E-state index in [0.717, 1.165) is 20.2 Å². The zero-order valence-corrected chi connectivity index (χ0v) is 13.8. The summed E-state index contributed by atoms with van der Waals surface area (Å²) in [6.45, 7) is 11.4. The fourth-order valence-corrected chi connectivity index (χ4v) is 3.36. The standard InChI is InChI=1S/C16H27O2P/c1-6-17-13(4)18-15-9-7-14(8-10-15)16(19-5)11-12(2)3/h7-10,12-13,16,19H,6,11H2,1-5H3. The third kappa shape index (κ3) is 5.93. The number of rotatable bonds is 8. The topological polar surface area (TPSA) is 18.5 Å². The van der Waals surface area contributed by atoms with Gasteiger partial charge in [-0.1, -0.05) is 26.0 Å². The van der Waals surface area contributed by atoms with Crippen molar-refractivity contribution in [2.24, 2.45) is 5.92 Å². The summed E-state index contributed by atoms with van der Waals surface area (Å²) < 4.78 is 11.1. The Kier molecular flexibility index (Phi) is 7.41. The van der Waals surface area contributed by atoms with Crippen molar-refractivity contribution >= 4 is 8.58 Å². The third-order valence-corrected chi connectivity index (χ3v) is 4.31. The fraction of sp³-hybridized carbons (Fsp3) is 0.625. The lowest BCUT2D eigenvalue weighted by molar-refractivity contribution is -0.0613. The van der Waals surface area contributed by atoms with Crippen LogP contribution in [0.1, 0.15) is 45.3 Å². The largest absolute Gasteiger partial charge is 0.465 e. The summed E-state index contributed by atoms with van der Waals surface area (Å²) in [5, 5.41) is 0. The van der Waals surface area contributed by atoms with Gasteiger partial charge in [0.25, 0.3) is 0 Å². The van der Waals surface area contributed by atoms with E-state index < -0.39 is 0 Å². The molecule has 1 aromatic carbocycles. The highest BCUT2D eigenvalue weighted by Gasteiger charge is 2.11. The monoisotopic (exact) mass is 282 g/mol. The van der Waals surface area contributed by atoms with Crippen molar-refractivity contribution in [1.82, 2.24) is 0 Å². The van der Waals surface area contributed by atoms with Crippen LogP contribution in [0.15, 0.2) is 24.3 Å². The molecule has 3 atom stereocenters. The highest BCUT2D eigenvalue weighted by atomic mass is 31.1. The Bertz CT molecular complexity index is 348. The van der Waals surface area contributed by atoms with E-state index in [1.54, 1.807) is 0 Å². The first-order chi connectivity index (χ1) is 9.06. The minimum atomic E-state index is -0.185. The van der Waals surface area contributed by atoms with Crippen LogP contribution in [-0.2, 0) is 4.74 Å². The molecule has 1 rings (SSSR count). The number of hydrogen-bond donors (Lipinski definition) is 0. The Morgan fingerprint density at radius 3 is 2.21 bits per heavy atom. The first kappa shape index (κ1) is 16.5. The normalized spacial score (nSPS) is 15.1. The number of benzene rings is 1. The Morgan fingerprint density at radius 1 is 1.11 bits per heavy atom. The highest BCUT2D eigenvalue weighted by Crippen LogP contribution is 2.37. The van der Waals surface area contributed by atoms with Gasteiger partial charge in [0.15, 0.2) is 6.29 Å². The van der Waals surface area contributed by atoms with E-state index in [-0.39, 0.29) is 6.29 Å². The van der Waals surface area contributed by atoms with E-state index in [1.807, 2.05) is 13.8 Å². The molecule has 0 heterocycles. The molecule has 0 radical (unpaired) electrons. The van der Waals surface area contributed by atoms with Gasteiger partial charge in [0.05, 0.1) is 0 Å². The fourth-order valence-electron chi connectivity index (χ4n) is 2.13. The molecule has 0 N–H and O–H groups in total. The van der Waals surface area contributed by atoms with Gasteiger partial charge in [-0.3, -0.25) is 0 Å². The van der Waals surface area contributed by atoms with Crippen LogP contribution >= 0.6 is 8.58 Å². The van der Waals surface area contributed by atoms with Gasteiger partial charge in [-0.15, -0.1) is 8.58 Å². The summed E-state index contributed by atoms with van der Waals surface area (Å²) in [5.41, 5.74) is 2.10. The SMILES string of the molecule is CCOC(C)Oc1ccc(C(CC(C)C)PC)cc1. The average Bonchev–Trinajstić information content (AvgIpc) is 2.37. The van der Waals surface area contributed by atoms with Crippen molar-refractivity contribution in [3.8, 4) is 5.75 Å². The van der Waals surface area contributed by atoms with Crippen LogP contribution in [0.4, 0.5) is 0 Å². The quantitative estimate of drug-likeness (QED) is 0.501. The maximum Gasteiger partial charge on any atom is 0.196 e.